The van der Waals surface area contributed by atoms with Gasteiger partial charge in [-0.25, -0.2) is 0 Å². The second-order valence-corrected chi connectivity index (χ2v) is 10.1. The fourth-order valence-corrected chi connectivity index (χ4v) is 5.31. The summed E-state index contributed by atoms with van der Waals surface area (Å²) in [6.07, 6.45) is -0.595. The maximum atomic E-state index is 13.0. The van der Waals surface area contributed by atoms with Crippen LogP contribution in [-0.2, 0) is 12.8 Å². The van der Waals surface area contributed by atoms with E-state index in [1.807, 2.05) is 0 Å². The molecule has 6 nitrogen and oxygen atoms in total. The second-order valence-electron chi connectivity index (χ2n) is 10.1. The van der Waals surface area contributed by atoms with Crippen molar-refractivity contribution in [2.45, 2.75) is 38.6 Å². The van der Waals surface area contributed by atoms with Gasteiger partial charge in [-0.2, -0.15) is 0 Å². The van der Waals surface area contributed by atoms with Gasteiger partial charge in [0.15, 0.2) is 0 Å². The topological polar surface area (TPSA) is 57.7 Å². The highest BCUT2D eigenvalue weighted by molar-refractivity contribution is 5.92. The summed E-state index contributed by atoms with van der Waals surface area (Å²) in [5, 5.41) is 3.17. The number of nitrogens with one attached hydrogen (secondary N) is 1. The Hall–Kier alpha value is -3.59. The number of alkyl halides is 3. The summed E-state index contributed by atoms with van der Waals surface area (Å²) in [6.45, 7) is 6.23. The van der Waals surface area contributed by atoms with Crippen LogP contribution in [0.5, 0.6) is 5.75 Å². The van der Waals surface area contributed by atoms with Gasteiger partial charge in [0.05, 0.1) is 0 Å². The van der Waals surface area contributed by atoms with E-state index in [0.717, 1.165) is 45.4 Å². The SMILES string of the molecule is Cc1ccc(N2CCN(C)CC2)c2c1CC[C@@H](NC(=O)c1ccc(-c3ccc(OC(F)(F)F)cc3)cn1)C2. The molecule has 0 bridgehead atoms. The number of carbonyl (C=O) groups is 1. The van der Waals surface area contributed by atoms with Gasteiger partial charge >= 0.3 is 6.36 Å². The minimum atomic E-state index is -4.73. The number of hydrogen-bond donors (Lipinski definition) is 1. The molecule has 1 N–H and O–H groups in total. The summed E-state index contributed by atoms with van der Waals surface area (Å²) in [6, 6.07) is 13.4. The molecule has 1 atom stereocenters. The predicted octanol–water partition coefficient (Wildman–Crippen LogP) is 4.99. The minimum absolute atomic E-state index is 0.0191. The molecule has 5 rings (SSSR count). The van der Waals surface area contributed by atoms with Crippen LogP contribution in [0, 0.1) is 6.92 Å². The number of amides is 1. The van der Waals surface area contributed by atoms with Gasteiger partial charge in [0, 0.05) is 49.7 Å². The lowest BCUT2D eigenvalue weighted by molar-refractivity contribution is -0.274. The van der Waals surface area contributed by atoms with E-state index >= 15 is 0 Å². The number of hydrogen-bond acceptors (Lipinski definition) is 5. The number of ether oxygens (including phenoxy) is 1. The molecule has 9 heteroatoms. The Bertz CT molecular complexity index is 1280. The van der Waals surface area contributed by atoms with Crippen molar-refractivity contribution in [3.8, 4) is 16.9 Å². The molecule has 3 aromatic rings. The highest BCUT2D eigenvalue weighted by Gasteiger charge is 2.31. The molecule has 0 saturated carbocycles. The van der Waals surface area contributed by atoms with Gasteiger partial charge in [0.25, 0.3) is 5.91 Å². The molecule has 1 aliphatic carbocycles. The summed E-state index contributed by atoms with van der Waals surface area (Å²) in [4.78, 5) is 22.2. The van der Waals surface area contributed by atoms with Gasteiger partial charge in [0.2, 0.25) is 0 Å². The molecule has 0 spiro atoms. The van der Waals surface area contributed by atoms with Crippen molar-refractivity contribution in [1.82, 2.24) is 15.2 Å². The first-order chi connectivity index (χ1) is 18.2. The van der Waals surface area contributed by atoms with E-state index in [4.69, 9.17) is 0 Å². The first-order valence-electron chi connectivity index (χ1n) is 12.8. The van der Waals surface area contributed by atoms with E-state index in [1.165, 1.54) is 46.6 Å². The summed E-state index contributed by atoms with van der Waals surface area (Å²) in [7, 11) is 2.15. The average molecular weight is 525 g/mol. The number of likely N-dealkylation sites (N-methyl/N-ethyl adjacent to an activating group) is 1. The lowest BCUT2D eigenvalue weighted by Crippen LogP contribution is -2.45. The van der Waals surface area contributed by atoms with E-state index in [9.17, 15) is 18.0 Å². The Morgan fingerprint density at radius 2 is 1.68 bits per heavy atom. The van der Waals surface area contributed by atoms with Crippen LogP contribution in [0.15, 0.2) is 54.7 Å². The Morgan fingerprint density at radius 1 is 0.974 bits per heavy atom. The highest BCUT2D eigenvalue weighted by atomic mass is 19.4. The Labute approximate surface area is 220 Å². The van der Waals surface area contributed by atoms with E-state index in [-0.39, 0.29) is 17.7 Å². The van der Waals surface area contributed by atoms with Crippen LogP contribution in [0.4, 0.5) is 18.9 Å². The largest absolute Gasteiger partial charge is 0.573 e. The zero-order chi connectivity index (χ0) is 26.9. The quantitative estimate of drug-likeness (QED) is 0.510. The molecule has 2 aromatic carbocycles. The number of aryl methyl sites for hydroxylation is 1. The van der Waals surface area contributed by atoms with E-state index in [2.05, 4.69) is 50.9 Å². The zero-order valence-corrected chi connectivity index (χ0v) is 21.5. The number of piperazine rings is 1. The predicted molar refractivity (Wildman–Crippen MR) is 141 cm³/mol. The first-order valence-corrected chi connectivity index (χ1v) is 12.8. The summed E-state index contributed by atoms with van der Waals surface area (Å²) in [5.41, 5.74) is 7.01. The van der Waals surface area contributed by atoms with Crippen LogP contribution in [0.2, 0.25) is 0 Å². The summed E-state index contributed by atoms with van der Waals surface area (Å²) in [5.74, 6) is -0.516. The highest BCUT2D eigenvalue weighted by Crippen LogP contribution is 2.33. The van der Waals surface area contributed by atoms with Gasteiger partial charge in [0.1, 0.15) is 11.4 Å². The third-order valence-corrected chi connectivity index (χ3v) is 7.43. The Morgan fingerprint density at radius 3 is 2.34 bits per heavy atom. The number of fused-ring (bicyclic) bond motifs is 1. The third kappa shape index (κ3) is 5.93. The molecule has 38 heavy (non-hydrogen) atoms. The van der Waals surface area contributed by atoms with Crippen LogP contribution >= 0.6 is 0 Å². The number of benzene rings is 2. The van der Waals surface area contributed by atoms with Crippen molar-refractivity contribution in [3.05, 3.63) is 77.1 Å². The number of carbonyl (C=O) groups excluding carboxylic acids is 1. The Balaban J connectivity index is 1.25. The van der Waals surface area contributed by atoms with Gasteiger partial charge in [-0.15, -0.1) is 13.2 Å². The number of aromatic nitrogens is 1. The van der Waals surface area contributed by atoms with E-state index in [0.29, 0.717) is 16.8 Å². The van der Waals surface area contributed by atoms with Gasteiger partial charge in [-0.1, -0.05) is 24.3 Å². The number of anilines is 1. The number of nitrogens with zero attached hydrogens (tertiary/aromatic N) is 3. The molecule has 1 aliphatic heterocycles. The first kappa shape index (κ1) is 26.0. The fraction of sp³-hybridized carbons (Fsp3) is 0.379. The zero-order valence-electron chi connectivity index (χ0n) is 21.5. The van der Waals surface area contributed by atoms with Crippen LogP contribution in [0.25, 0.3) is 11.1 Å². The molecule has 0 radical (unpaired) electrons. The standard InChI is InChI=1S/C29H31F3N4O2/c1-19-3-12-27(36-15-13-35(2)14-16-36)25-17-22(7-10-24(19)25)34-28(37)26-11-6-21(18-33-26)20-4-8-23(9-5-20)38-29(30,31)32/h3-6,8-9,11-12,18,22H,7,10,13-17H2,1-2H3,(H,34,37)/t22-/m1/s1. The molecular formula is C29H31F3N4O2. The fourth-order valence-electron chi connectivity index (χ4n) is 5.31. The van der Waals surface area contributed by atoms with Crippen molar-refractivity contribution < 1.29 is 22.7 Å². The average Bonchev–Trinajstić information content (AvgIpc) is 2.89. The minimum Gasteiger partial charge on any atom is -0.406 e. The summed E-state index contributed by atoms with van der Waals surface area (Å²) >= 11 is 0. The number of rotatable bonds is 5. The van der Waals surface area contributed by atoms with Crippen molar-refractivity contribution in [3.63, 3.8) is 0 Å². The molecule has 1 aromatic heterocycles. The Kier molecular flexibility index (Phi) is 7.29. The third-order valence-electron chi connectivity index (χ3n) is 7.43. The smallest absolute Gasteiger partial charge is 0.406 e. The van der Waals surface area contributed by atoms with Gasteiger partial charge < -0.3 is 19.9 Å². The molecular weight excluding hydrogens is 493 g/mol. The molecule has 1 amide bonds. The molecule has 2 aliphatic rings. The van der Waals surface area contributed by atoms with Crippen molar-refractivity contribution in [2.24, 2.45) is 0 Å². The maximum absolute atomic E-state index is 13.0. The van der Waals surface area contributed by atoms with Crippen molar-refractivity contribution in [2.75, 3.05) is 38.1 Å². The number of pyridine rings is 1. The normalized spacial score (nSPS) is 18.1. The molecule has 200 valence electrons. The molecule has 1 saturated heterocycles. The molecule has 0 unspecified atom stereocenters. The van der Waals surface area contributed by atoms with Crippen LogP contribution < -0.4 is 15.0 Å². The van der Waals surface area contributed by atoms with E-state index < -0.39 is 6.36 Å². The number of halogens is 3. The van der Waals surface area contributed by atoms with Crippen LogP contribution in [0.1, 0.15) is 33.6 Å². The maximum Gasteiger partial charge on any atom is 0.573 e. The summed E-state index contributed by atoms with van der Waals surface area (Å²) < 4.78 is 41.1. The van der Waals surface area contributed by atoms with Gasteiger partial charge in [-0.3, -0.25) is 9.78 Å². The van der Waals surface area contributed by atoms with Crippen LogP contribution in [-0.4, -0.2) is 61.4 Å². The lowest BCUT2D eigenvalue weighted by atomic mass is 9.84. The van der Waals surface area contributed by atoms with Crippen molar-refractivity contribution >= 4 is 11.6 Å². The molecule has 2 heterocycles. The van der Waals surface area contributed by atoms with Crippen LogP contribution in [0.3, 0.4) is 0 Å². The molecule has 1 fully saturated rings. The lowest BCUT2D eigenvalue weighted by Gasteiger charge is -2.37. The van der Waals surface area contributed by atoms with Gasteiger partial charge in [-0.05, 0) is 79.8 Å². The van der Waals surface area contributed by atoms with E-state index in [1.54, 1.807) is 18.3 Å². The second kappa shape index (κ2) is 10.6. The monoisotopic (exact) mass is 524 g/mol. The van der Waals surface area contributed by atoms with Crippen molar-refractivity contribution in [1.29, 1.82) is 0 Å².